The van der Waals surface area contributed by atoms with Gasteiger partial charge in [-0.2, -0.15) is 0 Å². The normalized spacial score (nSPS) is 23.7. The lowest BCUT2D eigenvalue weighted by Crippen LogP contribution is -2.19. The maximum Gasteiger partial charge on any atom is 0.0751 e. The molecule has 1 aliphatic heterocycles. The molecule has 3 heteroatoms. The summed E-state index contributed by atoms with van der Waals surface area (Å²) in [4.78, 5) is 2.11. The Morgan fingerprint density at radius 2 is 2.18 bits per heavy atom. The SMILES string of the molecule is CC1CCC(CNc2cccc(N(C)C)c2)O1. The van der Waals surface area contributed by atoms with E-state index in [9.17, 15) is 0 Å². The molecule has 0 saturated carbocycles. The van der Waals surface area contributed by atoms with Gasteiger partial charge in [0, 0.05) is 32.0 Å². The van der Waals surface area contributed by atoms with E-state index in [-0.39, 0.29) is 0 Å². The van der Waals surface area contributed by atoms with Crippen LogP contribution in [0.3, 0.4) is 0 Å². The smallest absolute Gasteiger partial charge is 0.0751 e. The summed E-state index contributed by atoms with van der Waals surface area (Å²) in [6.07, 6.45) is 3.15. The van der Waals surface area contributed by atoms with E-state index < -0.39 is 0 Å². The van der Waals surface area contributed by atoms with Crippen molar-refractivity contribution in [3.05, 3.63) is 24.3 Å². The molecule has 1 N–H and O–H groups in total. The van der Waals surface area contributed by atoms with Crippen LogP contribution in [0.15, 0.2) is 24.3 Å². The van der Waals surface area contributed by atoms with Crippen LogP contribution < -0.4 is 10.2 Å². The van der Waals surface area contributed by atoms with Gasteiger partial charge in [0.15, 0.2) is 0 Å². The Balaban J connectivity index is 1.88. The Kier molecular flexibility index (Phi) is 3.89. The van der Waals surface area contributed by atoms with Crippen molar-refractivity contribution in [2.24, 2.45) is 0 Å². The minimum Gasteiger partial charge on any atom is -0.382 e. The van der Waals surface area contributed by atoms with Crippen molar-refractivity contribution in [2.45, 2.75) is 32.0 Å². The molecule has 1 aromatic carbocycles. The van der Waals surface area contributed by atoms with Crippen molar-refractivity contribution in [3.8, 4) is 0 Å². The van der Waals surface area contributed by atoms with Crippen LogP contribution in [0.5, 0.6) is 0 Å². The lowest BCUT2D eigenvalue weighted by atomic mass is 10.2. The largest absolute Gasteiger partial charge is 0.382 e. The molecule has 2 rings (SSSR count). The minimum atomic E-state index is 0.369. The van der Waals surface area contributed by atoms with Crippen LogP contribution in [0.4, 0.5) is 11.4 Å². The first-order chi connectivity index (χ1) is 8.15. The predicted molar refractivity (Wildman–Crippen MR) is 72.8 cm³/mol. The van der Waals surface area contributed by atoms with Gasteiger partial charge in [0.2, 0.25) is 0 Å². The average Bonchev–Trinajstić information content (AvgIpc) is 2.73. The van der Waals surface area contributed by atoms with Gasteiger partial charge in [-0.25, -0.2) is 0 Å². The van der Waals surface area contributed by atoms with Gasteiger partial charge in [-0.05, 0) is 38.0 Å². The summed E-state index contributed by atoms with van der Waals surface area (Å²) in [7, 11) is 4.11. The molecule has 0 radical (unpaired) electrons. The highest BCUT2D eigenvalue weighted by atomic mass is 16.5. The van der Waals surface area contributed by atoms with Gasteiger partial charge in [0.1, 0.15) is 0 Å². The van der Waals surface area contributed by atoms with Crippen molar-refractivity contribution in [3.63, 3.8) is 0 Å². The Labute approximate surface area is 104 Å². The minimum absolute atomic E-state index is 0.369. The molecule has 1 aromatic rings. The van der Waals surface area contributed by atoms with Crippen molar-refractivity contribution in [1.29, 1.82) is 0 Å². The number of ether oxygens (including phenoxy) is 1. The first kappa shape index (κ1) is 12.2. The quantitative estimate of drug-likeness (QED) is 0.867. The van der Waals surface area contributed by atoms with Crippen LogP contribution >= 0.6 is 0 Å². The highest BCUT2D eigenvalue weighted by Gasteiger charge is 2.21. The van der Waals surface area contributed by atoms with Crippen LogP contribution in [0, 0.1) is 0 Å². The third-order valence-corrected chi connectivity index (χ3v) is 3.22. The van der Waals surface area contributed by atoms with Gasteiger partial charge >= 0.3 is 0 Å². The van der Waals surface area contributed by atoms with E-state index in [0.29, 0.717) is 12.2 Å². The topological polar surface area (TPSA) is 24.5 Å². The van der Waals surface area contributed by atoms with E-state index in [2.05, 4.69) is 55.5 Å². The zero-order valence-corrected chi connectivity index (χ0v) is 10.9. The Hall–Kier alpha value is -1.22. The molecule has 1 aliphatic rings. The van der Waals surface area contributed by atoms with E-state index >= 15 is 0 Å². The third kappa shape index (κ3) is 3.37. The summed E-state index contributed by atoms with van der Waals surface area (Å²) < 4.78 is 5.79. The van der Waals surface area contributed by atoms with E-state index in [1.165, 1.54) is 24.2 Å². The first-order valence-corrected chi connectivity index (χ1v) is 6.32. The second kappa shape index (κ2) is 5.41. The number of rotatable bonds is 4. The number of nitrogens with zero attached hydrogens (tertiary/aromatic N) is 1. The molecule has 1 heterocycles. The second-order valence-electron chi connectivity index (χ2n) is 4.97. The molecule has 2 unspecified atom stereocenters. The fourth-order valence-electron chi connectivity index (χ4n) is 2.16. The van der Waals surface area contributed by atoms with E-state index in [1.807, 2.05) is 0 Å². The number of anilines is 2. The summed E-state index contributed by atoms with van der Waals surface area (Å²) in [5.74, 6) is 0. The van der Waals surface area contributed by atoms with Gasteiger partial charge < -0.3 is 15.0 Å². The van der Waals surface area contributed by atoms with E-state index in [4.69, 9.17) is 4.74 Å². The van der Waals surface area contributed by atoms with Gasteiger partial charge in [-0.3, -0.25) is 0 Å². The molecular weight excluding hydrogens is 212 g/mol. The summed E-state index contributed by atoms with van der Waals surface area (Å²) >= 11 is 0. The molecule has 0 aromatic heterocycles. The van der Waals surface area contributed by atoms with Crippen molar-refractivity contribution >= 4 is 11.4 Å². The van der Waals surface area contributed by atoms with Crippen LogP contribution in [-0.2, 0) is 4.74 Å². The van der Waals surface area contributed by atoms with E-state index in [0.717, 1.165) is 6.54 Å². The zero-order chi connectivity index (χ0) is 12.3. The molecule has 0 aliphatic carbocycles. The maximum atomic E-state index is 5.79. The monoisotopic (exact) mass is 234 g/mol. The summed E-state index contributed by atoms with van der Waals surface area (Å²) in [6, 6.07) is 8.46. The number of nitrogens with one attached hydrogen (secondary N) is 1. The standard InChI is InChI=1S/C14H22N2O/c1-11-7-8-14(17-11)10-15-12-5-4-6-13(9-12)16(2)3/h4-6,9,11,14-15H,7-8,10H2,1-3H3. The first-order valence-electron chi connectivity index (χ1n) is 6.32. The molecule has 0 amide bonds. The maximum absolute atomic E-state index is 5.79. The number of hydrogen-bond acceptors (Lipinski definition) is 3. The average molecular weight is 234 g/mol. The molecule has 1 fully saturated rings. The summed E-state index contributed by atoms with van der Waals surface area (Å²) in [5.41, 5.74) is 2.38. The number of benzene rings is 1. The zero-order valence-electron chi connectivity index (χ0n) is 10.9. The van der Waals surface area contributed by atoms with Crippen LogP contribution in [-0.4, -0.2) is 32.8 Å². The van der Waals surface area contributed by atoms with Crippen LogP contribution in [0.1, 0.15) is 19.8 Å². The van der Waals surface area contributed by atoms with Crippen molar-refractivity contribution in [2.75, 3.05) is 30.9 Å². The molecule has 0 bridgehead atoms. The summed E-state index contributed by atoms with van der Waals surface area (Å²) in [6.45, 7) is 3.05. The fraction of sp³-hybridized carbons (Fsp3) is 0.571. The molecular formula is C14H22N2O. The van der Waals surface area contributed by atoms with Crippen molar-refractivity contribution in [1.82, 2.24) is 0 Å². The molecule has 0 spiro atoms. The summed E-state index contributed by atoms with van der Waals surface area (Å²) in [5, 5.41) is 3.45. The fourth-order valence-corrected chi connectivity index (χ4v) is 2.16. The lowest BCUT2D eigenvalue weighted by Gasteiger charge is -2.16. The lowest BCUT2D eigenvalue weighted by molar-refractivity contribution is 0.0637. The molecule has 2 atom stereocenters. The number of hydrogen-bond donors (Lipinski definition) is 1. The Morgan fingerprint density at radius 1 is 1.35 bits per heavy atom. The molecule has 17 heavy (non-hydrogen) atoms. The molecule has 1 saturated heterocycles. The van der Waals surface area contributed by atoms with E-state index in [1.54, 1.807) is 0 Å². The highest BCUT2D eigenvalue weighted by molar-refractivity contribution is 5.57. The predicted octanol–water partition coefficient (Wildman–Crippen LogP) is 2.73. The Bertz CT molecular complexity index is 365. The van der Waals surface area contributed by atoms with Gasteiger partial charge in [0.05, 0.1) is 12.2 Å². The van der Waals surface area contributed by atoms with Gasteiger partial charge in [0.25, 0.3) is 0 Å². The van der Waals surface area contributed by atoms with Crippen LogP contribution in [0.25, 0.3) is 0 Å². The Morgan fingerprint density at radius 3 is 2.82 bits per heavy atom. The van der Waals surface area contributed by atoms with Gasteiger partial charge in [-0.1, -0.05) is 6.07 Å². The second-order valence-corrected chi connectivity index (χ2v) is 4.97. The molecule has 94 valence electrons. The third-order valence-electron chi connectivity index (χ3n) is 3.22. The van der Waals surface area contributed by atoms with Gasteiger partial charge in [-0.15, -0.1) is 0 Å². The highest BCUT2D eigenvalue weighted by Crippen LogP contribution is 2.21. The van der Waals surface area contributed by atoms with Crippen molar-refractivity contribution < 1.29 is 4.74 Å². The van der Waals surface area contributed by atoms with Crippen LogP contribution in [0.2, 0.25) is 0 Å². The molecule has 3 nitrogen and oxygen atoms in total.